The van der Waals surface area contributed by atoms with Crippen molar-refractivity contribution in [3.8, 4) is 5.69 Å². The van der Waals surface area contributed by atoms with Crippen LogP contribution in [0.2, 0.25) is 10.0 Å². The summed E-state index contributed by atoms with van der Waals surface area (Å²) in [6, 6.07) is 18.6. The minimum atomic E-state index is -0.440. The van der Waals surface area contributed by atoms with Gasteiger partial charge in [0.15, 0.2) is 11.0 Å². The number of aryl methyl sites for hydroxylation is 3. The topological polar surface area (TPSA) is 71.8 Å². The van der Waals surface area contributed by atoms with Gasteiger partial charge in [0.1, 0.15) is 0 Å². The van der Waals surface area contributed by atoms with Gasteiger partial charge in [0.2, 0.25) is 0 Å². The predicted molar refractivity (Wildman–Crippen MR) is 149 cm³/mol. The fourth-order valence-corrected chi connectivity index (χ4v) is 5.09. The van der Waals surface area contributed by atoms with Crippen molar-refractivity contribution in [2.75, 3.05) is 5.32 Å². The lowest BCUT2D eigenvalue weighted by atomic mass is 10.1. The van der Waals surface area contributed by atoms with E-state index in [0.717, 1.165) is 27.7 Å². The Morgan fingerprint density at radius 2 is 1.72 bits per heavy atom. The van der Waals surface area contributed by atoms with Gasteiger partial charge in [-0.1, -0.05) is 71.4 Å². The van der Waals surface area contributed by atoms with Crippen LogP contribution in [0.4, 0.5) is 10.5 Å². The summed E-state index contributed by atoms with van der Waals surface area (Å²) in [6.45, 7) is 7.89. The van der Waals surface area contributed by atoms with Crippen molar-refractivity contribution in [2.24, 2.45) is 0 Å². The van der Waals surface area contributed by atoms with E-state index in [-0.39, 0.29) is 6.03 Å². The third kappa shape index (κ3) is 6.03. The lowest BCUT2D eigenvalue weighted by molar-refractivity contribution is 0.249. The second kappa shape index (κ2) is 11.4. The molecule has 0 aliphatic heterocycles. The van der Waals surface area contributed by atoms with Gasteiger partial charge in [-0.25, -0.2) is 4.79 Å². The minimum Gasteiger partial charge on any atom is -0.328 e. The van der Waals surface area contributed by atoms with Gasteiger partial charge < -0.3 is 10.6 Å². The van der Waals surface area contributed by atoms with Crippen LogP contribution < -0.4 is 10.6 Å². The maximum atomic E-state index is 12.8. The first-order valence-corrected chi connectivity index (χ1v) is 13.2. The third-order valence-corrected chi connectivity index (χ3v) is 7.47. The van der Waals surface area contributed by atoms with Crippen LogP contribution in [0, 0.1) is 20.8 Å². The highest BCUT2D eigenvalue weighted by Gasteiger charge is 2.22. The lowest BCUT2D eigenvalue weighted by Crippen LogP contribution is -2.32. The number of halogens is 2. The molecule has 1 heterocycles. The number of nitrogens with zero attached hydrogens (tertiary/aromatic N) is 3. The van der Waals surface area contributed by atoms with Gasteiger partial charge in [0, 0.05) is 21.5 Å². The molecule has 2 N–H and O–H groups in total. The SMILES string of the molecule is Cc1ccc(NC(=O)NC(C)c2nnc(SCc3ccccc3C)n2-c2cc(Cl)ccc2C)cc1Cl. The van der Waals surface area contributed by atoms with E-state index in [0.29, 0.717) is 21.6 Å². The van der Waals surface area contributed by atoms with E-state index in [2.05, 4.69) is 39.9 Å². The first-order valence-electron chi connectivity index (χ1n) is 11.5. The van der Waals surface area contributed by atoms with Crippen LogP contribution in [0.1, 0.15) is 41.0 Å². The number of nitrogens with one attached hydrogen (secondary N) is 2. The molecule has 0 bridgehead atoms. The van der Waals surface area contributed by atoms with Gasteiger partial charge in [-0.3, -0.25) is 4.57 Å². The number of urea groups is 1. The zero-order chi connectivity index (χ0) is 25.8. The van der Waals surface area contributed by atoms with Crippen molar-refractivity contribution in [1.82, 2.24) is 20.1 Å². The maximum absolute atomic E-state index is 12.8. The van der Waals surface area contributed by atoms with Crippen LogP contribution >= 0.6 is 35.0 Å². The molecule has 0 aliphatic rings. The number of aromatic nitrogens is 3. The molecule has 6 nitrogen and oxygen atoms in total. The predicted octanol–water partition coefficient (Wildman–Crippen LogP) is 7.67. The van der Waals surface area contributed by atoms with Gasteiger partial charge in [-0.15, -0.1) is 10.2 Å². The van der Waals surface area contributed by atoms with Gasteiger partial charge in [0.05, 0.1) is 11.7 Å². The molecule has 3 aromatic carbocycles. The van der Waals surface area contributed by atoms with Gasteiger partial charge in [-0.05, 0) is 74.2 Å². The highest BCUT2D eigenvalue weighted by atomic mass is 35.5. The Balaban J connectivity index is 1.61. The van der Waals surface area contributed by atoms with Crippen molar-refractivity contribution >= 4 is 46.7 Å². The normalized spacial score (nSPS) is 11.8. The summed E-state index contributed by atoms with van der Waals surface area (Å²) in [7, 11) is 0. The molecule has 4 aromatic rings. The Morgan fingerprint density at radius 3 is 2.47 bits per heavy atom. The molecule has 0 saturated carbocycles. The summed E-state index contributed by atoms with van der Waals surface area (Å²) in [5, 5.41) is 16.7. The number of carbonyl (C=O) groups excluding carboxylic acids is 1. The molecule has 9 heteroatoms. The summed E-state index contributed by atoms with van der Waals surface area (Å²) in [5.74, 6) is 1.34. The van der Waals surface area contributed by atoms with Crippen LogP contribution in [0.3, 0.4) is 0 Å². The van der Waals surface area contributed by atoms with Crippen LogP contribution in [-0.4, -0.2) is 20.8 Å². The first-order chi connectivity index (χ1) is 17.2. The Morgan fingerprint density at radius 1 is 0.972 bits per heavy atom. The van der Waals surface area contributed by atoms with E-state index < -0.39 is 6.04 Å². The fraction of sp³-hybridized carbons (Fsp3) is 0.222. The molecule has 0 aliphatic carbocycles. The van der Waals surface area contributed by atoms with Crippen molar-refractivity contribution in [3.63, 3.8) is 0 Å². The zero-order valence-electron chi connectivity index (χ0n) is 20.5. The maximum Gasteiger partial charge on any atom is 0.319 e. The highest BCUT2D eigenvalue weighted by molar-refractivity contribution is 7.98. The average Bonchev–Trinajstić information content (AvgIpc) is 3.26. The molecule has 0 fully saturated rings. The summed E-state index contributed by atoms with van der Waals surface area (Å²) < 4.78 is 1.97. The second-order valence-corrected chi connectivity index (χ2v) is 10.4. The number of carbonyl (C=O) groups is 1. The number of thioether (sulfide) groups is 1. The largest absolute Gasteiger partial charge is 0.328 e. The Hall–Kier alpha value is -3.00. The van der Waals surface area contributed by atoms with E-state index >= 15 is 0 Å². The number of benzene rings is 3. The molecule has 1 atom stereocenters. The third-order valence-electron chi connectivity index (χ3n) is 5.85. The molecular weight excluding hydrogens is 513 g/mol. The Kier molecular flexibility index (Phi) is 8.24. The Labute approximate surface area is 225 Å². The minimum absolute atomic E-state index is 0.367. The van der Waals surface area contributed by atoms with Crippen LogP contribution in [-0.2, 0) is 5.75 Å². The lowest BCUT2D eigenvalue weighted by Gasteiger charge is -2.18. The average molecular weight is 541 g/mol. The number of hydrogen-bond acceptors (Lipinski definition) is 4. The van der Waals surface area contributed by atoms with E-state index in [1.807, 2.05) is 67.8 Å². The molecule has 1 aromatic heterocycles. The number of anilines is 1. The number of rotatable bonds is 7. The second-order valence-electron chi connectivity index (χ2n) is 8.61. The monoisotopic (exact) mass is 539 g/mol. The van der Waals surface area contributed by atoms with Crippen molar-refractivity contribution < 1.29 is 4.79 Å². The van der Waals surface area contributed by atoms with Gasteiger partial charge >= 0.3 is 6.03 Å². The van der Waals surface area contributed by atoms with Crippen LogP contribution in [0.15, 0.2) is 65.8 Å². The van der Waals surface area contributed by atoms with Crippen LogP contribution in [0.25, 0.3) is 5.69 Å². The molecule has 186 valence electrons. The standard InChI is InChI=1S/C27H27Cl2N5OS/c1-16-7-5-6-8-20(16)15-36-27-33-32-25(34(27)24-13-21(28)11-9-18(24)3)19(4)30-26(35)31-22-12-10-17(2)23(29)14-22/h5-14,19H,15H2,1-4H3,(H2,30,31,35). The first kappa shape index (κ1) is 26.1. The highest BCUT2D eigenvalue weighted by Crippen LogP contribution is 2.31. The number of amides is 2. The molecule has 1 unspecified atom stereocenters. The Bertz CT molecular complexity index is 1400. The van der Waals surface area contributed by atoms with E-state index in [1.54, 1.807) is 17.8 Å². The smallest absolute Gasteiger partial charge is 0.319 e. The molecule has 0 radical (unpaired) electrons. The summed E-state index contributed by atoms with van der Waals surface area (Å²) in [5.41, 5.74) is 5.88. The summed E-state index contributed by atoms with van der Waals surface area (Å²) in [4.78, 5) is 12.8. The van der Waals surface area contributed by atoms with E-state index in [9.17, 15) is 4.79 Å². The quantitative estimate of drug-likeness (QED) is 0.236. The molecular formula is C27H27Cl2N5OS. The summed E-state index contributed by atoms with van der Waals surface area (Å²) in [6.07, 6.45) is 0. The summed E-state index contributed by atoms with van der Waals surface area (Å²) >= 11 is 14.1. The molecule has 0 spiro atoms. The molecule has 2 amide bonds. The van der Waals surface area contributed by atoms with Crippen LogP contribution in [0.5, 0.6) is 0 Å². The molecule has 0 saturated heterocycles. The number of hydrogen-bond donors (Lipinski definition) is 2. The van der Waals surface area contributed by atoms with Crippen molar-refractivity contribution in [1.29, 1.82) is 0 Å². The van der Waals surface area contributed by atoms with Crippen molar-refractivity contribution in [3.05, 3.63) is 98.8 Å². The fourth-order valence-electron chi connectivity index (χ4n) is 3.72. The van der Waals surface area contributed by atoms with E-state index in [4.69, 9.17) is 23.2 Å². The van der Waals surface area contributed by atoms with Gasteiger partial charge in [0.25, 0.3) is 0 Å². The molecule has 4 rings (SSSR count). The van der Waals surface area contributed by atoms with Crippen molar-refractivity contribution in [2.45, 2.75) is 44.6 Å². The van der Waals surface area contributed by atoms with Gasteiger partial charge in [-0.2, -0.15) is 0 Å². The molecule has 36 heavy (non-hydrogen) atoms. The zero-order valence-corrected chi connectivity index (χ0v) is 22.8. The van der Waals surface area contributed by atoms with E-state index in [1.165, 1.54) is 11.1 Å².